The summed E-state index contributed by atoms with van der Waals surface area (Å²) in [6.07, 6.45) is 7.40. The van der Waals surface area contributed by atoms with E-state index in [9.17, 15) is 18.4 Å². The average Bonchev–Trinajstić information content (AvgIpc) is 3.70. The molecule has 3 aromatic heterocycles. The lowest BCUT2D eigenvalue weighted by molar-refractivity contribution is -0.129. The third-order valence-electron chi connectivity index (χ3n) is 11.3. The number of carbonyl (C=O) groups is 2. The highest BCUT2D eigenvalue weighted by Crippen LogP contribution is 2.53. The summed E-state index contributed by atoms with van der Waals surface area (Å²) in [4.78, 5) is 29.8. The molecular formula is C36H41F2N9O3. The Balaban J connectivity index is 1.03. The van der Waals surface area contributed by atoms with Crippen LogP contribution in [0.2, 0.25) is 0 Å². The molecule has 6 heterocycles. The van der Waals surface area contributed by atoms with Crippen LogP contribution in [-0.4, -0.2) is 77.8 Å². The Kier molecular flexibility index (Phi) is 8.06. The molecule has 3 aliphatic heterocycles. The minimum atomic E-state index is -2.65. The molecule has 0 radical (unpaired) electrons. The topological polar surface area (TPSA) is 126 Å². The average molecular weight is 686 g/mol. The molecule has 8 rings (SSSR count). The largest absolute Gasteiger partial charge is 0.476 e. The van der Waals surface area contributed by atoms with Crippen molar-refractivity contribution in [2.75, 3.05) is 36.0 Å². The highest BCUT2D eigenvalue weighted by atomic mass is 19.3. The number of aromatic nitrogens is 6. The zero-order valence-electron chi connectivity index (χ0n) is 28.4. The normalized spacial score (nSPS) is 18.7. The van der Waals surface area contributed by atoms with Gasteiger partial charge in [0.1, 0.15) is 0 Å². The van der Waals surface area contributed by atoms with E-state index in [-0.39, 0.29) is 22.6 Å². The third-order valence-corrected chi connectivity index (χ3v) is 11.3. The zero-order valence-corrected chi connectivity index (χ0v) is 28.4. The second kappa shape index (κ2) is 12.5. The molecule has 12 nitrogen and oxygen atoms in total. The Morgan fingerprint density at radius 1 is 1.06 bits per heavy atom. The van der Waals surface area contributed by atoms with Crippen LogP contribution in [0.25, 0.3) is 11.1 Å². The number of hydrogen-bond donors (Lipinski definition) is 1. The molecule has 4 aromatic rings. The van der Waals surface area contributed by atoms with E-state index in [0.29, 0.717) is 48.9 Å². The fourth-order valence-corrected chi connectivity index (χ4v) is 8.73. The monoisotopic (exact) mass is 685 g/mol. The van der Waals surface area contributed by atoms with Gasteiger partial charge in [-0.1, -0.05) is 0 Å². The number of piperidine rings is 1. The van der Waals surface area contributed by atoms with Gasteiger partial charge >= 0.3 is 5.97 Å². The van der Waals surface area contributed by atoms with E-state index in [4.69, 9.17) is 10.2 Å². The van der Waals surface area contributed by atoms with Crippen LogP contribution in [0.4, 0.5) is 26.1 Å². The number of carboxylic acid groups (broad SMARTS) is 1. The quantitative estimate of drug-likeness (QED) is 0.273. The first-order valence-corrected chi connectivity index (χ1v) is 17.4. The maximum Gasteiger partial charge on any atom is 0.356 e. The van der Waals surface area contributed by atoms with Crippen LogP contribution in [0.5, 0.6) is 0 Å². The molecule has 1 saturated carbocycles. The van der Waals surface area contributed by atoms with Crippen molar-refractivity contribution in [3.63, 3.8) is 0 Å². The Hall–Kier alpha value is -4.88. The van der Waals surface area contributed by atoms with E-state index in [1.165, 1.54) is 6.07 Å². The van der Waals surface area contributed by atoms with Gasteiger partial charge < -0.3 is 19.8 Å². The molecule has 0 atom stereocenters. The number of benzene rings is 1. The number of halogens is 2. The Morgan fingerprint density at radius 3 is 2.52 bits per heavy atom. The minimum Gasteiger partial charge on any atom is -0.476 e. The molecule has 1 spiro atoms. The standard InChI is InChI=1S/C36H41F2N9O3/c1-22(48)45-11-7-30-28(21-45)34(46-10-3-4-24-14-26(25-18-39-43(2)20-25)27(33(37)38)15-31(24)46)42-47(30)19-23-16-36(17-23)8-12-44(13-9-36)32-6-5-29(35(49)50)40-41-32/h5-6,14-15,18,20,23,33H,3-4,7-13,16-17,19,21H2,1-2H3,(H,49,50). The van der Waals surface area contributed by atoms with Gasteiger partial charge in [0.15, 0.2) is 17.3 Å². The van der Waals surface area contributed by atoms with Crippen LogP contribution in [0.3, 0.4) is 0 Å². The van der Waals surface area contributed by atoms with E-state index in [0.717, 1.165) is 86.5 Å². The van der Waals surface area contributed by atoms with Crippen molar-refractivity contribution in [2.45, 2.75) is 71.4 Å². The summed E-state index contributed by atoms with van der Waals surface area (Å²) >= 11 is 0. The van der Waals surface area contributed by atoms with Gasteiger partial charge in [-0.05, 0) is 85.3 Å². The number of nitrogens with zero attached hydrogens (tertiary/aromatic N) is 9. The first-order chi connectivity index (χ1) is 24.1. The smallest absolute Gasteiger partial charge is 0.356 e. The number of rotatable bonds is 7. The number of alkyl halides is 2. The summed E-state index contributed by atoms with van der Waals surface area (Å²) in [5.74, 6) is 0.898. The van der Waals surface area contributed by atoms with Crippen LogP contribution in [0, 0.1) is 11.3 Å². The van der Waals surface area contributed by atoms with Gasteiger partial charge in [0, 0.05) is 87.4 Å². The molecular weight excluding hydrogens is 644 g/mol. The Labute approximate surface area is 288 Å². The van der Waals surface area contributed by atoms with Gasteiger partial charge in [-0.3, -0.25) is 14.2 Å². The molecule has 1 amide bonds. The van der Waals surface area contributed by atoms with Crippen LogP contribution < -0.4 is 9.80 Å². The number of anilines is 3. The van der Waals surface area contributed by atoms with E-state index >= 15 is 0 Å². The number of carbonyl (C=O) groups excluding carboxylic acids is 1. The molecule has 50 heavy (non-hydrogen) atoms. The molecule has 2 fully saturated rings. The van der Waals surface area contributed by atoms with Crippen molar-refractivity contribution < 1.29 is 23.5 Å². The summed E-state index contributed by atoms with van der Waals surface area (Å²) in [6, 6.07) is 6.79. The maximum atomic E-state index is 14.6. The summed E-state index contributed by atoms with van der Waals surface area (Å²) in [6.45, 7) is 5.85. The zero-order chi connectivity index (χ0) is 34.7. The molecule has 262 valence electrons. The SMILES string of the molecule is CC(=O)N1CCc2c(c(N3CCCc4cc(-c5cnn(C)c5)c(C(F)F)cc43)nn2CC2CC3(CCN(c4ccc(C(=O)O)nn4)CC3)C2)C1. The van der Waals surface area contributed by atoms with Crippen LogP contribution >= 0.6 is 0 Å². The van der Waals surface area contributed by atoms with E-state index < -0.39 is 12.4 Å². The number of aromatic carboxylic acids is 1. The fourth-order valence-electron chi connectivity index (χ4n) is 8.73. The second-order valence-corrected chi connectivity index (χ2v) is 14.5. The van der Waals surface area contributed by atoms with Crippen LogP contribution in [0.1, 0.15) is 78.3 Å². The first kappa shape index (κ1) is 32.3. The molecule has 1 saturated heterocycles. The lowest BCUT2D eigenvalue weighted by Gasteiger charge is -2.52. The van der Waals surface area contributed by atoms with Crippen molar-refractivity contribution in [3.05, 3.63) is 64.7 Å². The van der Waals surface area contributed by atoms with Crippen molar-refractivity contribution in [1.82, 2.24) is 34.7 Å². The van der Waals surface area contributed by atoms with Gasteiger partial charge in [0.2, 0.25) is 5.91 Å². The fraction of sp³-hybridized carbons (Fsp3) is 0.500. The molecule has 1 N–H and O–H groups in total. The number of carboxylic acids is 1. The molecule has 0 unspecified atom stereocenters. The van der Waals surface area contributed by atoms with Crippen molar-refractivity contribution in [3.8, 4) is 11.1 Å². The molecule has 1 aromatic carbocycles. The summed E-state index contributed by atoms with van der Waals surface area (Å²) < 4.78 is 33.0. The number of aryl methyl sites for hydroxylation is 2. The molecule has 0 bridgehead atoms. The number of hydrogen-bond acceptors (Lipinski definition) is 8. The highest BCUT2D eigenvalue weighted by Gasteiger charge is 2.46. The van der Waals surface area contributed by atoms with Gasteiger partial charge in [-0.2, -0.15) is 10.2 Å². The van der Waals surface area contributed by atoms with E-state index in [1.807, 2.05) is 11.0 Å². The van der Waals surface area contributed by atoms with Crippen LogP contribution in [0.15, 0.2) is 36.7 Å². The predicted octanol–water partition coefficient (Wildman–Crippen LogP) is 5.40. The lowest BCUT2D eigenvalue weighted by Crippen LogP contribution is -2.48. The summed E-state index contributed by atoms with van der Waals surface area (Å²) in [5.41, 5.74) is 5.33. The van der Waals surface area contributed by atoms with Gasteiger partial charge in [0.25, 0.3) is 6.43 Å². The number of amides is 1. The predicted molar refractivity (Wildman–Crippen MR) is 182 cm³/mol. The second-order valence-electron chi connectivity index (χ2n) is 14.5. The van der Waals surface area contributed by atoms with E-state index in [1.54, 1.807) is 43.2 Å². The van der Waals surface area contributed by atoms with Crippen LogP contribution in [-0.2, 0) is 37.8 Å². The number of fused-ring (bicyclic) bond motifs is 2. The molecule has 4 aliphatic rings. The first-order valence-electron chi connectivity index (χ1n) is 17.4. The van der Waals surface area contributed by atoms with E-state index in [2.05, 4.69) is 29.8 Å². The highest BCUT2D eigenvalue weighted by molar-refractivity contribution is 5.85. The van der Waals surface area contributed by atoms with Gasteiger partial charge in [-0.15, -0.1) is 10.2 Å². The minimum absolute atomic E-state index is 0.0163. The molecule has 1 aliphatic carbocycles. The lowest BCUT2D eigenvalue weighted by atomic mass is 9.57. The Morgan fingerprint density at radius 2 is 1.86 bits per heavy atom. The Bertz CT molecular complexity index is 1940. The van der Waals surface area contributed by atoms with Gasteiger partial charge in [-0.25, -0.2) is 13.6 Å². The van der Waals surface area contributed by atoms with Gasteiger partial charge in [0.05, 0.1) is 12.7 Å². The van der Waals surface area contributed by atoms with Crippen molar-refractivity contribution in [2.24, 2.45) is 18.4 Å². The van der Waals surface area contributed by atoms with Crippen molar-refractivity contribution >= 4 is 29.2 Å². The maximum absolute atomic E-state index is 14.6. The third kappa shape index (κ3) is 5.77. The molecule has 14 heteroatoms. The van der Waals surface area contributed by atoms with Crippen molar-refractivity contribution in [1.29, 1.82) is 0 Å². The summed E-state index contributed by atoms with van der Waals surface area (Å²) in [5, 5.41) is 26.6. The summed E-state index contributed by atoms with van der Waals surface area (Å²) in [7, 11) is 1.78.